The number of aromatic amines is 1. The van der Waals surface area contributed by atoms with Crippen molar-refractivity contribution in [3.8, 4) is 0 Å². The Hall–Kier alpha value is -3.30. The third-order valence-electron chi connectivity index (χ3n) is 4.91. The van der Waals surface area contributed by atoms with Crippen LogP contribution in [0.4, 0.5) is 5.82 Å². The third-order valence-corrected chi connectivity index (χ3v) is 4.91. The Balaban J connectivity index is 1.48. The van der Waals surface area contributed by atoms with Crippen LogP contribution in [0.25, 0.3) is 5.78 Å². The van der Waals surface area contributed by atoms with Crippen molar-refractivity contribution in [1.29, 1.82) is 0 Å². The summed E-state index contributed by atoms with van der Waals surface area (Å²) >= 11 is 0. The quantitative estimate of drug-likeness (QED) is 0.678. The summed E-state index contributed by atoms with van der Waals surface area (Å²) in [5, 5.41) is 13.8. The Kier molecular flexibility index (Phi) is 4.76. The Morgan fingerprint density at radius 1 is 1.29 bits per heavy atom. The molecule has 10 nitrogen and oxygen atoms in total. The van der Waals surface area contributed by atoms with Crippen LogP contribution in [-0.4, -0.2) is 54.8 Å². The van der Waals surface area contributed by atoms with E-state index >= 15 is 0 Å². The van der Waals surface area contributed by atoms with Gasteiger partial charge in [0.1, 0.15) is 5.82 Å². The van der Waals surface area contributed by atoms with Crippen LogP contribution in [0.5, 0.6) is 0 Å². The molecule has 1 atom stereocenters. The number of carbonyl (C=O) groups is 1. The van der Waals surface area contributed by atoms with E-state index in [0.29, 0.717) is 18.1 Å². The van der Waals surface area contributed by atoms with E-state index in [4.69, 9.17) is 0 Å². The van der Waals surface area contributed by atoms with Gasteiger partial charge in [-0.15, -0.1) is 5.10 Å². The number of amides is 1. The fourth-order valence-electron chi connectivity index (χ4n) is 3.56. The summed E-state index contributed by atoms with van der Waals surface area (Å²) in [7, 11) is 0. The first-order valence-electron chi connectivity index (χ1n) is 9.33. The van der Waals surface area contributed by atoms with E-state index in [1.807, 2.05) is 19.9 Å². The molecule has 0 saturated carbocycles. The summed E-state index contributed by atoms with van der Waals surface area (Å²) in [6, 6.07) is 5.15. The van der Waals surface area contributed by atoms with Crippen LogP contribution in [0.1, 0.15) is 41.3 Å². The number of carbonyl (C=O) groups excluding carboxylic acids is 1. The average Bonchev–Trinajstić information content (AvgIpc) is 3.11. The second kappa shape index (κ2) is 7.37. The zero-order valence-electron chi connectivity index (χ0n) is 15.8. The number of nitrogens with one attached hydrogen (secondary N) is 2. The second-order valence-electron chi connectivity index (χ2n) is 7.02. The van der Waals surface area contributed by atoms with Gasteiger partial charge in [0.2, 0.25) is 5.82 Å². The minimum Gasteiger partial charge on any atom is -0.350 e. The number of aryl methyl sites for hydroxylation is 2. The number of anilines is 1. The normalized spacial score (nSPS) is 17.1. The lowest BCUT2D eigenvalue weighted by atomic mass is 10.0. The maximum absolute atomic E-state index is 12.6. The SMILES string of the molecule is Cc1cc(C)n2nc(C(=O)NCC3CCCCN3c3ccc(=O)[nH]n3)nc2n1. The van der Waals surface area contributed by atoms with Crippen LogP contribution in [0.2, 0.25) is 0 Å². The van der Waals surface area contributed by atoms with Gasteiger partial charge in [0.05, 0.1) is 0 Å². The largest absolute Gasteiger partial charge is 0.350 e. The molecule has 3 aromatic rings. The molecule has 1 saturated heterocycles. The highest BCUT2D eigenvalue weighted by Crippen LogP contribution is 2.21. The molecule has 146 valence electrons. The minimum absolute atomic E-state index is 0.0928. The molecular formula is C18H22N8O2. The highest BCUT2D eigenvalue weighted by atomic mass is 16.2. The Morgan fingerprint density at radius 2 is 2.14 bits per heavy atom. The van der Waals surface area contributed by atoms with E-state index in [9.17, 15) is 9.59 Å². The van der Waals surface area contributed by atoms with Crippen molar-refractivity contribution in [3.63, 3.8) is 0 Å². The smallest absolute Gasteiger partial charge is 0.291 e. The first-order chi connectivity index (χ1) is 13.5. The van der Waals surface area contributed by atoms with Crippen molar-refractivity contribution < 1.29 is 4.79 Å². The van der Waals surface area contributed by atoms with Gasteiger partial charge >= 0.3 is 0 Å². The summed E-state index contributed by atoms with van der Waals surface area (Å²) in [4.78, 5) is 34.5. The summed E-state index contributed by atoms with van der Waals surface area (Å²) < 4.78 is 1.57. The van der Waals surface area contributed by atoms with E-state index in [2.05, 4.69) is 35.5 Å². The summed E-state index contributed by atoms with van der Waals surface area (Å²) in [5.41, 5.74) is 1.47. The fraction of sp³-hybridized carbons (Fsp3) is 0.444. The molecule has 1 amide bonds. The monoisotopic (exact) mass is 382 g/mol. The maximum atomic E-state index is 12.6. The highest BCUT2D eigenvalue weighted by molar-refractivity contribution is 5.90. The molecule has 0 spiro atoms. The number of nitrogens with zero attached hydrogens (tertiary/aromatic N) is 6. The van der Waals surface area contributed by atoms with E-state index in [1.54, 1.807) is 10.6 Å². The predicted molar refractivity (Wildman–Crippen MR) is 102 cm³/mol. The number of fused-ring (bicyclic) bond motifs is 1. The lowest BCUT2D eigenvalue weighted by Gasteiger charge is -2.36. The highest BCUT2D eigenvalue weighted by Gasteiger charge is 2.25. The van der Waals surface area contributed by atoms with Gasteiger partial charge in [-0.05, 0) is 45.2 Å². The van der Waals surface area contributed by atoms with Crippen molar-refractivity contribution in [2.24, 2.45) is 0 Å². The van der Waals surface area contributed by atoms with Gasteiger partial charge < -0.3 is 10.2 Å². The number of rotatable bonds is 4. The molecule has 2 N–H and O–H groups in total. The van der Waals surface area contributed by atoms with Crippen LogP contribution in [-0.2, 0) is 0 Å². The van der Waals surface area contributed by atoms with Crippen LogP contribution in [0.15, 0.2) is 23.0 Å². The first-order valence-corrected chi connectivity index (χ1v) is 9.33. The number of aromatic nitrogens is 6. The molecule has 1 aliphatic heterocycles. The van der Waals surface area contributed by atoms with E-state index in [0.717, 1.165) is 37.2 Å². The third kappa shape index (κ3) is 3.57. The molecule has 28 heavy (non-hydrogen) atoms. The van der Waals surface area contributed by atoms with Crippen LogP contribution in [0, 0.1) is 13.8 Å². The maximum Gasteiger partial charge on any atom is 0.291 e. The zero-order valence-corrected chi connectivity index (χ0v) is 15.8. The van der Waals surface area contributed by atoms with Crippen LogP contribution < -0.4 is 15.8 Å². The van der Waals surface area contributed by atoms with Gasteiger partial charge in [0.25, 0.3) is 17.2 Å². The van der Waals surface area contributed by atoms with Gasteiger partial charge in [-0.3, -0.25) is 9.59 Å². The molecule has 10 heteroatoms. The Bertz CT molecular complexity index is 1050. The molecule has 1 aliphatic rings. The fourth-order valence-corrected chi connectivity index (χ4v) is 3.56. The van der Waals surface area contributed by atoms with Crippen molar-refractivity contribution >= 4 is 17.5 Å². The number of hydrogen-bond donors (Lipinski definition) is 2. The number of hydrogen-bond acceptors (Lipinski definition) is 7. The summed E-state index contributed by atoms with van der Waals surface area (Å²) in [6.45, 7) is 5.05. The number of piperidine rings is 1. The van der Waals surface area contributed by atoms with Gasteiger partial charge in [0, 0.05) is 36.6 Å². The predicted octanol–water partition coefficient (Wildman–Crippen LogP) is 0.613. The molecule has 1 unspecified atom stereocenters. The lowest BCUT2D eigenvalue weighted by molar-refractivity contribution is 0.0939. The standard InChI is InChI=1S/C18H22N8O2/c1-11-9-12(2)26-18(20-11)21-16(24-26)17(28)19-10-13-5-3-4-8-25(13)14-6-7-15(27)23-22-14/h6-7,9,13H,3-5,8,10H2,1-2H3,(H,19,28)(H,23,27). The Labute approximate surface area is 161 Å². The molecule has 0 bridgehead atoms. The first kappa shape index (κ1) is 18.1. The molecule has 3 aromatic heterocycles. The molecule has 0 aromatic carbocycles. The van der Waals surface area contributed by atoms with Crippen molar-refractivity contribution in [2.45, 2.75) is 39.2 Å². The molecule has 1 fully saturated rings. The van der Waals surface area contributed by atoms with Crippen molar-refractivity contribution in [1.82, 2.24) is 35.1 Å². The molecule has 0 radical (unpaired) electrons. The Morgan fingerprint density at radius 3 is 2.93 bits per heavy atom. The summed E-state index contributed by atoms with van der Waals surface area (Å²) in [5.74, 6) is 0.896. The molecule has 4 rings (SSSR count). The van der Waals surface area contributed by atoms with Crippen LogP contribution in [0.3, 0.4) is 0 Å². The topological polar surface area (TPSA) is 121 Å². The lowest BCUT2D eigenvalue weighted by Crippen LogP contribution is -2.47. The van der Waals surface area contributed by atoms with E-state index < -0.39 is 0 Å². The van der Waals surface area contributed by atoms with Crippen molar-refractivity contribution in [2.75, 3.05) is 18.0 Å². The van der Waals surface area contributed by atoms with Crippen LogP contribution >= 0.6 is 0 Å². The van der Waals surface area contributed by atoms with Gasteiger partial charge in [-0.1, -0.05) is 0 Å². The van der Waals surface area contributed by atoms with E-state index in [1.165, 1.54) is 6.07 Å². The average molecular weight is 382 g/mol. The molecular weight excluding hydrogens is 360 g/mol. The van der Waals surface area contributed by atoms with Gasteiger partial charge in [-0.25, -0.2) is 14.6 Å². The summed E-state index contributed by atoms with van der Waals surface area (Å²) in [6.07, 6.45) is 3.05. The minimum atomic E-state index is -0.331. The molecule has 0 aliphatic carbocycles. The van der Waals surface area contributed by atoms with Gasteiger partial charge in [-0.2, -0.15) is 10.1 Å². The molecule has 4 heterocycles. The number of H-pyrrole nitrogens is 1. The zero-order chi connectivity index (χ0) is 19.7. The van der Waals surface area contributed by atoms with E-state index in [-0.39, 0.29) is 23.3 Å². The van der Waals surface area contributed by atoms with Crippen molar-refractivity contribution in [3.05, 3.63) is 45.8 Å². The van der Waals surface area contributed by atoms with Gasteiger partial charge in [0.15, 0.2) is 0 Å². The second-order valence-corrected chi connectivity index (χ2v) is 7.02.